The standard InChI is InChI=1S/C16H23N3O3S/c1-19-5-3-11(4-6-19)17-16(20)18-12-9-13-14(10-15(12)23-2)22-8-7-21-13/h9-11H,3-8H2,1-2H3,(H2,17,18,20). The van der Waals surface area contributed by atoms with E-state index in [1.54, 1.807) is 11.8 Å². The average Bonchev–Trinajstić information content (AvgIpc) is 2.56. The van der Waals surface area contributed by atoms with E-state index in [-0.39, 0.29) is 12.1 Å². The number of piperidine rings is 1. The van der Waals surface area contributed by atoms with E-state index in [0.29, 0.717) is 19.0 Å². The molecule has 0 saturated carbocycles. The number of ether oxygens (including phenoxy) is 2. The fourth-order valence-corrected chi connectivity index (χ4v) is 3.39. The van der Waals surface area contributed by atoms with Crippen LogP contribution in [0, 0.1) is 0 Å². The molecule has 0 aromatic heterocycles. The Bertz CT molecular complexity index is 574. The number of anilines is 1. The normalized spacial score (nSPS) is 18.5. The quantitative estimate of drug-likeness (QED) is 0.829. The van der Waals surface area contributed by atoms with Crippen molar-refractivity contribution in [1.82, 2.24) is 10.2 Å². The molecule has 2 aliphatic heterocycles. The lowest BCUT2D eigenvalue weighted by Gasteiger charge is -2.29. The van der Waals surface area contributed by atoms with E-state index in [1.165, 1.54) is 0 Å². The monoisotopic (exact) mass is 337 g/mol. The number of urea groups is 1. The molecule has 1 fully saturated rings. The molecule has 23 heavy (non-hydrogen) atoms. The van der Waals surface area contributed by atoms with Crippen molar-refractivity contribution in [2.45, 2.75) is 23.8 Å². The number of benzene rings is 1. The molecule has 2 N–H and O–H groups in total. The van der Waals surface area contributed by atoms with Gasteiger partial charge in [0, 0.05) is 17.0 Å². The fourth-order valence-electron chi connectivity index (χ4n) is 2.83. The van der Waals surface area contributed by atoms with Gasteiger partial charge < -0.3 is 25.0 Å². The van der Waals surface area contributed by atoms with Crippen LogP contribution in [-0.2, 0) is 0 Å². The summed E-state index contributed by atoms with van der Waals surface area (Å²) in [5.41, 5.74) is 0.757. The van der Waals surface area contributed by atoms with Crippen molar-refractivity contribution >= 4 is 23.5 Å². The molecule has 0 atom stereocenters. The molecule has 6 nitrogen and oxygen atoms in total. The summed E-state index contributed by atoms with van der Waals surface area (Å²) in [6.07, 6.45) is 3.95. The number of nitrogens with zero attached hydrogens (tertiary/aromatic N) is 1. The predicted octanol–water partition coefficient (Wildman–Crippen LogP) is 2.40. The van der Waals surface area contributed by atoms with Crippen LogP contribution in [0.5, 0.6) is 11.5 Å². The third-order valence-corrected chi connectivity index (χ3v) is 4.94. The molecule has 126 valence electrons. The second-order valence-corrected chi connectivity index (χ2v) is 6.72. The van der Waals surface area contributed by atoms with E-state index in [9.17, 15) is 4.79 Å². The van der Waals surface area contributed by atoms with Gasteiger partial charge in [0.25, 0.3) is 0 Å². The highest BCUT2D eigenvalue weighted by Crippen LogP contribution is 2.39. The van der Waals surface area contributed by atoms with Gasteiger partial charge in [-0.2, -0.15) is 0 Å². The van der Waals surface area contributed by atoms with E-state index in [4.69, 9.17) is 9.47 Å². The summed E-state index contributed by atoms with van der Waals surface area (Å²) in [5, 5.41) is 6.01. The van der Waals surface area contributed by atoms with Crippen LogP contribution < -0.4 is 20.1 Å². The summed E-state index contributed by atoms with van der Waals surface area (Å²) < 4.78 is 11.2. The van der Waals surface area contributed by atoms with Crippen LogP contribution in [0.1, 0.15) is 12.8 Å². The van der Waals surface area contributed by atoms with Crippen molar-refractivity contribution in [3.05, 3.63) is 12.1 Å². The Kier molecular flexibility index (Phi) is 5.17. The minimum absolute atomic E-state index is 0.161. The number of hydrogen-bond donors (Lipinski definition) is 2. The molecule has 7 heteroatoms. The first kappa shape index (κ1) is 16.3. The van der Waals surface area contributed by atoms with Crippen molar-refractivity contribution in [3.8, 4) is 11.5 Å². The molecule has 0 aliphatic carbocycles. The maximum absolute atomic E-state index is 12.3. The first-order chi connectivity index (χ1) is 11.2. The summed E-state index contributed by atoms with van der Waals surface area (Å²) in [6, 6.07) is 3.84. The van der Waals surface area contributed by atoms with Crippen LogP contribution in [0.25, 0.3) is 0 Å². The lowest BCUT2D eigenvalue weighted by molar-refractivity contribution is 0.171. The first-order valence-corrected chi connectivity index (χ1v) is 9.12. The zero-order chi connectivity index (χ0) is 16.2. The van der Waals surface area contributed by atoms with Gasteiger partial charge in [-0.25, -0.2) is 4.79 Å². The van der Waals surface area contributed by atoms with Crippen molar-refractivity contribution in [2.24, 2.45) is 0 Å². The van der Waals surface area contributed by atoms with Gasteiger partial charge >= 0.3 is 6.03 Å². The first-order valence-electron chi connectivity index (χ1n) is 7.89. The SMILES string of the molecule is CSc1cc2c(cc1NC(=O)NC1CCN(C)CC1)OCCO2. The van der Waals surface area contributed by atoms with E-state index < -0.39 is 0 Å². The summed E-state index contributed by atoms with van der Waals surface area (Å²) >= 11 is 1.57. The van der Waals surface area contributed by atoms with Crippen molar-refractivity contribution in [3.63, 3.8) is 0 Å². The number of fused-ring (bicyclic) bond motifs is 1. The number of carbonyl (C=O) groups is 1. The summed E-state index contributed by atoms with van der Waals surface area (Å²) in [7, 11) is 2.11. The number of likely N-dealkylation sites (tertiary alicyclic amines) is 1. The number of nitrogens with one attached hydrogen (secondary N) is 2. The Morgan fingerprint density at radius 3 is 2.52 bits per heavy atom. The van der Waals surface area contributed by atoms with E-state index >= 15 is 0 Å². The smallest absolute Gasteiger partial charge is 0.319 e. The second-order valence-electron chi connectivity index (χ2n) is 5.87. The van der Waals surface area contributed by atoms with Gasteiger partial charge in [0.15, 0.2) is 11.5 Å². The van der Waals surface area contributed by atoms with Crippen LogP contribution >= 0.6 is 11.8 Å². The fraction of sp³-hybridized carbons (Fsp3) is 0.562. The van der Waals surface area contributed by atoms with Gasteiger partial charge in [0.2, 0.25) is 0 Å². The molecule has 0 bridgehead atoms. The predicted molar refractivity (Wildman–Crippen MR) is 91.9 cm³/mol. The summed E-state index contributed by atoms with van der Waals surface area (Å²) in [4.78, 5) is 15.5. The average molecular weight is 337 g/mol. The lowest BCUT2D eigenvalue weighted by atomic mass is 10.1. The molecule has 1 aromatic rings. The van der Waals surface area contributed by atoms with Crippen LogP contribution in [0.15, 0.2) is 17.0 Å². The topological polar surface area (TPSA) is 62.8 Å². The number of rotatable bonds is 3. The Morgan fingerprint density at radius 1 is 1.22 bits per heavy atom. The third-order valence-electron chi connectivity index (χ3n) is 4.17. The van der Waals surface area contributed by atoms with Gasteiger partial charge in [-0.3, -0.25) is 0 Å². The molecule has 1 aromatic carbocycles. The van der Waals surface area contributed by atoms with Gasteiger partial charge in [-0.05, 0) is 45.3 Å². The number of thioether (sulfide) groups is 1. The Hall–Kier alpha value is -1.60. The van der Waals surface area contributed by atoms with E-state index in [2.05, 4.69) is 22.6 Å². The molecular weight excluding hydrogens is 314 g/mol. The Morgan fingerprint density at radius 2 is 1.87 bits per heavy atom. The molecule has 1 saturated heterocycles. The molecule has 0 spiro atoms. The van der Waals surface area contributed by atoms with Crippen LogP contribution in [0.3, 0.4) is 0 Å². The second kappa shape index (κ2) is 7.31. The molecule has 0 unspecified atom stereocenters. The zero-order valence-electron chi connectivity index (χ0n) is 13.6. The number of amides is 2. The molecule has 2 heterocycles. The number of hydrogen-bond acceptors (Lipinski definition) is 5. The minimum Gasteiger partial charge on any atom is -0.486 e. The maximum Gasteiger partial charge on any atom is 0.319 e. The van der Waals surface area contributed by atoms with Gasteiger partial charge in [0.05, 0.1) is 5.69 Å². The Balaban J connectivity index is 1.65. The number of carbonyl (C=O) groups excluding carboxylic acids is 1. The minimum atomic E-state index is -0.161. The van der Waals surface area contributed by atoms with Gasteiger partial charge in [-0.1, -0.05) is 0 Å². The highest BCUT2D eigenvalue weighted by atomic mass is 32.2. The van der Waals surface area contributed by atoms with Crippen molar-refractivity contribution < 1.29 is 14.3 Å². The molecular formula is C16H23N3O3S. The van der Waals surface area contributed by atoms with Crippen LogP contribution in [0.2, 0.25) is 0 Å². The Labute approximate surface area is 140 Å². The zero-order valence-corrected chi connectivity index (χ0v) is 14.4. The summed E-state index contributed by atoms with van der Waals surface area (Å²) in [6.45, 7) is 3.13. The third kappa shape index (κ3) is 4.03. The molecule has 2 amide bonds. The van der Waals surface area contributed by atoms with Crippen LogP contribution in [0.4, 0.5) is 10.5 Å². The van der Waals surface area contributed by atoms with Crippen molar-refractivity contribution in [2.75, 3.05) is 44.9 Å². The van der Waals surface area contributed by atoms with E-state index in [0.717, 1.165) is 42.3 Å². The molecule has 2 aliphatic rings. The van der Waals surface area contributed by atoms with Crippen molar-refractivity contribution in [1.29, 1.82) is 0 Å². The van der Waals surface area contributed by atoms with Gasteiger partial charge in [-0.15, -0.1) is 11.8 Å². The highest BCUT2D eigenvalue weighted by Gasteiger charge is 2.20. The molecule has 0 radical (unpaired) electrons. The maximum atomic E-state index is 12.3. The largest absolute Gasteiger partial charge is 0.486 e. The molecule has 3 rings (SSSR count). The highest BCUT2D eigenvalue weighted by molar-refractivity contribution is 7.98. The van der Waals surface area contributed by atoms with Crippen LogP contribution in [-0.4, -0.2) is 56.6 Å². The lowest BCUT2D eigenvalue weighted by Crippen LogP contribution is -2.44. The van der Waals surface area contributed by atoms with Gasteiger partial charge in [0.1, 0.15) is 13.2 Å². The van der Waals surface area contributed by atoms with E-state index in [1.807, 2.05) is 18.4 Å². The summed E-state index contributed by atoms with van der Waals surface area (Å²) in [5.74, 6) is 1.42.